The minimum atomic E-state index is -3.49. The fourth-order valence-electron chi connectivity index (χ4n) is 3.39. The van der Waals surface area contributed by atoms with Crippen LogP contribution in [0.4, 0.5) is 0 Å². The number of carbonyl (C=O) groups is 1. The number of carbonyl (C=O) groups excluding carboxylic acids is 1. The van der Waals surface area contributed by atoms with Gasteiger partial charge in [-0.2, -0.15) is 0 Å². The molecule has 2 fully saturated rings. The van der Waals surface area contributed by atoms with E-state index in [4.69, 9.17) is 5.14 Å². The third-order valence-corrected chi connectivity index (χ3v) is 5.34. The zero-order valence-electron chi connectivity index (χ0n) is 12.6. The third-order valence-electron chi connectivity index (χ3n) is 4.41. The van der Waals surface area contributed by atoms with Crippen molar-refractivity contribution in [3.63, 3.8) is 0 Å². The molecule has 0 aromatic rings. The maximum absolute atomic E-state index is 11.8. The van der Waals surface area contributed by atoms with Crippen molar-refractivity contribution in [1.82, 2.24) is 10.2 Å². The molecule has 2 aliphatic rings. The summed E-state index contributed by atoms with van der Waals surface area (Å²) in [5.74, 6) is -0.171. The molecule has 1 aliphatic carbocycles. The first-order valence-corrected chi connectivity index (χ1v) is 9.67. The molecule has 1 amide bonds. The standard InChI is InChI=1S/C14H27N3O3S/c15-21(19,20)11-12-9-14(18)17(10-12)8-4-7-16-13-5-2-1-3-6-13/h12-13,16H,1-11H2,(H2,15,19,20). The molecule has 0 aromatic heterocycles. The monoisotopic (exact) mass is 317 g/mol. The zero-order chi connectivity index (χ0) is 15.3. The highest BCUT2D eigenvalue weighted by Gasteiger charge is 2.31. The molecular formula is C14H27N3O3S. The Balaban J connectivity index is 1.63. The van der Waals surface area contributed by atoms with Gasteiger partial charge < -0.3 is 10.2 Å². The van der Waals surface area contributed by atoms with Gasteiger partial charge in [0.15, 0.2) is 0 Å². The minimum absolute atomic E-state index is 0.0568. The molecule has 6 nitrogen and oxygen atoms in total. The van der Waals surface area contributed by atoms with E-state index in [1.165, 1.54) is 32.1 Å². The molecular weight excluding hydrogens is 290 g/mol. The molecule has 1 saturated heterocycles. The Morgan fingerprint density at radius 3 is 2.62 bits per heavy atom. The van der Waals surface area contributed by atoms with Crippen molar-refractivity contribution in [3.8, 4) is 0 Å². The van der Waals surface area contributed by atoms with E-state index in [0.29, 0.717) is 25.6 Å². The second-order valence-corrected chi connectivity index (χ2v) is 8.04. The summed E-state index contributed by atoms with van der Waals surface area (Å²) >= 11 is 0. The van der Waals surface area contributed by atoms with Crippen LogP contribution in [0.2, 0.25) is 0 Å². The lowest BCUT2D eigenvalue weighted by atomic mass is 9.95. The molecule has 0 radical (unpaired) electrons. The molecule has 1 saturated carbocycles. The highest BCUT2D eigenvalue weighted by atomic mass is 32.2. The molecule has 1 atom stereocenters. The van der Waals surface area contributed by atoms with E-state index >= 15 is 0 Å². The van der Waals surface area contributed by atoms with Crippen LogP contribution in [0, 0.1) is 5.92 Å². The van der Waals surface area contributed by atoms with Crippen molar-refractivity contribution in [2.24, 2.45) is 11.1 Å². The molecule has 0 spiro atoms. The fourth-order valence-corrected chi connectivity index (χ4v) is 4.27. The minimum Gasteiger partial charge on any atom is -0.342 e. The number of nitrogens with one attached hydrogen (secondary N) is 1. The van der Waals surface area contributed by atoms with E-state index in [0.717, 1.165) is 13.0 Å². The number of nitrogens with zero attached hydrogens (tertiary/aromatic N) is 1. The van der Waals surface area contributed by atoms with Gasteiger partial charge in [0.2, 0.25) is 15.9 Å². The Bertz CT molecular complexity index is 446. The fraction of sp³-hybridized carbons (Fsp3) is 0.929. The molecule has 1 heterocycles. The van der Waals surface area contributed by atoms with Crippen LogP contribution in [0.1, 0.15) is 44.9 Å². The van der Waals surface area contributed by atoms with Gasteiger partial charge in [-0.1, -0.05) is 19.3 Å². The summed E-state index contributed by atoms with van der Waals surface area (Å²) in [4.78, 5) is 13.6. The molecule has 2 rings (SSSR count). The van der Waals surface area contributed by atoms with Gasteiger partial charge in [0.05, 0.1) is 5.75 Å². The topological polar surface area (TPSA) is 92.5 Å². The maximum atomic E-state index is 11.8. The number of likely N-dealkylation sites (tertiary alicyclic amines) is 1. The zero-order valence-corrected chi connectivity index (χ0v) is 13.4. The van der Waals surface area contributed by atoms with Crippen LogP contribution in [0.5, 0.6) is 0 Å². The van der Waals surface area contributed by atoms with Gasteiger partial charge >= 0.3 is 0 Å². The summed E-state index contributed by atoms with van der Waals surface area (Å²) in [6.07, 6.45) is 7.75. The number of nitrogens with two attached hydrogens (primary N) is 1. The molecule has 122 valence electrons. The Morgan fingerprint density at radius 2 is 1.95 bits per heavy atom. The lowest BCUT2D eigenvalue weighted by Gasteiger charge is -2.23. The highest BCUT2D eigenvalue weighted by Crippen LogP contribution is 2.19. The number of rotatable bonds is 7. The van der Waals surface area contributed by atoms with Gasteiger partial charge in [-0.05, 0) is 25.8 Å². The van der Waals surface area contributed by atoms with Crippen molar-refractivity contribution in [1.29, 1.82) is 0 Å². The molecule has 0 bridgehead atoms. The maximum Gasteiger partial charge on any atom is 0.222 e. The van der Waals surface area contributed by atoms with E-state index in [2.05, 4.69) is 5.32 Å². The van der Waals surface area contributed by atoms with E-state index in [1.54, 1.807) is 4.90 Å². The van der Waals surface area contributed by atoms with Gasteiger partial charge in [-0.3, -0.25) is 4.79 Å². The summed E-state index contributed by atoms with van der Waals surface area (Å²) in [6, 6.07) is 0.642. The van der Waals surface area contributed by atoms with E-state index in [-0.39, 0.29) is 17.6 Å². The van der Waals surface area contributed by atoms with Crippen molar-refractivity contribution in [3.05, 3.63) is 0 Å². The number of primary sulfonamides is 1. The van der Waals surface area contributed by atoms with Crippen LogP contribution in [0.15, 0.2) is 0 Å². The van der Waals surface area contributed by atoms with Crippen LogP contribution in [0.3, 0.4) is 0 Å². The molecule has 0 aromatic carbocycles. The Morgan fingerprint density at radius 1 is 1.24 bits per heavy atom. The van der Waals surface area contributed by atoms with Crippen LogP contribution < -0.4 is 10.5 Å². The molecule has 1 aliphatic heterocycles. The summed E-state index contributed by atoms with van der Waals surface area (Å²) in [6.45, 7) is 2.16. The largest absolute Gasteiger partial charge is 0.342 e. The smallest absolute Gasteiger partial charge is 0.222 e. The predicted octanol–water partition coefficient (Wildman–Crippen LogP) is 0.436. The second kappa shape index (κ2) is 7.56. The van der Waals surface area contributed by atoms with Crippen LogP contribution >= 0.6 is 0 Å². The third kappa shape index (κ3) is 5.92. The van der Waals surface area contributed by atoms with Crippen LogP contribution in [-0.4, -0.2) is 50.7 Å². The van der Waals surface area contributed by atoms with Crippen molar-refractivity contribution < 1.29 is 13.2 Å². The average Bonchev–Trinajstić information content (AvgIpc) is 2.74. The first-order valence-electron chi connectivity index (χ1n) is 7.95. The van der Waals surface area contributed by atoms with Crippen molar-refractivity contribution in [2.75, 3.05) is 25.4 Å². The van der Waals surface area contributed by atoms with Crippen LogP contribution in [-0.2, 0) is 14.8 Å². The summed E-state index contributed by atoms with van der Waals surface area (Å²) in [5, 5.41) is 8.60. The molecule has 21 heavy (non-hydrogen) atoms. The Hall–Kier alpha value is -0.660. The van der Waals surface area contributed by atoms with Crippen LogP contribution in [0.25, 0.3) is 0 Å². The summed E-state index contributed by atoms with van der Waals surface area (Å²) in [7, 11) is -3.49. The van der Waals surface area contributed by atoms with E-state index in [1.807, 2.05) is 0 Å². The van der Waals surface area contributed by atoms with Gasteiger partial charge in [0.25, 0.3) is 0 Å². The van der Waals surface area contributed by atoms with Gasteiger partial charge in [-0.15, -0.1) is 0 Å². The Labute approximate surface area is 127 Å². The number of sulfonamides is 1. The predicted molar refractivity (Wildman–Crippen MR) is 82.2 cm³/mol. The van der Waals surface area contributed by atoms with Gasteiger partial charge in [0.1, 0.15) is 0 Å². The molecule has 7 heteroatoms. The lowest BCUT2D eigenvalue weighted by Crippen LogP contribution is -2.34. The quantitative estimate of drug-likeness (QED) is 0.666. The number of hydrogen-bond acceptors (Lipinski definition) is 4. The first-order chi connectivity index (χ1) is 9.94. The van der Waals surface area contributed by atoms with Gasteiger partial charge in [-0.25, -0.2) is 13.6 Å². The lowest BCUT2D eigenvalue weighted by molar-refractivity contribution is -0.127. The van der Waals surface area contributed by atoms with Crippen molar-refractivity contribution >= 4 is 15.9 Å². The number of hydrogen-bond donors (Lipinski definition) is 2. The normalized spacial score (nSPS) is 24.7. The molecule has 1 unspecified atom stereocenters. The van der Waals surface area contributed by atoms with E-state index < -0.39 is 10.0 Å². The highest BCUT2D eigenvalue weighted by molar-refractivity contribution is 7.89. The Kier molecular flexibility index (Phi) is 6.01. The summed E-state index contributed by atoms with van der Waals surface area (Å²) in [5.41, 5.74) is 0. The van der Waals surface area contributed by atoms with E-state index in [9.17, 15) is 13.2 Å². The van der Waals surface area contributed by atoms with Gasteiger partial charge in [0, 0.05) is 31.5 Å². The first kappa shape index (κ1) is 16.7. The second-order valence-electron chi connectivity index (χ2n) is 6.38. The number of amides is 1. The van der Waals surface area contributed by atoms with Crippen molar-refractivity contribution in [2.45, 2.75) is 51.0 Å². The molecule has 3 N–H and O–H groups in total. The SMILES string of the molecule is NS(=O)(=O)CC1CC(=O)N(CCCNC2CCCCC2)C1. The summed E-state index contributed by atoms with van der Waals surface area (Å²) < 4.78 is 22.1. The average molecular weight is 317 g/mol.